The van der Waals surface area contributed by atoms with Gasteiger partial charge < -0.3 is 24.7 Å². The molecule has 0 unspecified atom stereocenters. The smallest absolute Gasteiger partial charge is 0.290 e. The summed E-state index contributed by atoms with van der Waals surface area (Å²) in [5.41, 5.74) is 2.14. The molecular weight excluding hydrogens is 444 g/mol. The molecule has 1 aromatic carbocycles. The minimum Gasteiger partial charge on any atom is -0.490 e. The Morgan fingerprint density at radius 1 is 1.14 bits per heavy atom. The van der Waals surface area contributed by atoms with Gasteiger partial charge in [0.15, 0.2) is 0 Å². The standard InChI is InChI=1S/C26H36N4O2.CH2O2/c1-25(2,31)18-32-24-6-4-3-5-23(24)20-8-11-29(12-9-20)21-7-10-26(13-21)16-30(17-26)22-14-27-19-28-15-22;2-1-3/h3-6,14-15,19-21,31H,7-13,16-18H2,1-2H3;1H,(H,2,3)/t21-;/m1./s1. The van der Waals surface area contributed by atoms with Crippen LogP contribution in [0, 0.1) is 5.41 Å². The molecule has 1 aromatic heterocycles. The molecule has 1 saturated carbocycles. The Hall–Kier alpha value is -2.71. The second-order valence-corrected chi connectivity index (χ2v) is 10.9. The van der Waals surface area contributed by atoms with E-state index >= 15 is 0 Å². The lowest BCUT2D eigenvalue weighted by Crippen LogP contribution is -2.56. The van der Waals surface area contributed by atoms with Crippen LogP contribution in [0.3, 0.4) is 0 Å². The summed E-state index contributed by atoms with van der Waals surface area (Å²) in [7, 11) is 0. The zero-order chi connectivity index (χ0) is 24.9. The number of benzene rings is 1. The monoisotopic (exact) mass is 482 g/mol. The molecule has 2 N–H and O–H groups in total. The number of nitrogens with zero attached hydrogens (tertiary/aromatic N) is 4. The molecular formula is C27H38N4O4. The first-order valence-electron chi connectivity index (χ1n) is 12.6. The van der Waals surface area contributed by atoms with Crippen LogP contribution in [0.1, 0.15) is 57.4 Å². The van der Waals surface area contributed by atoms with Crippen molar-refractivity contribution in [1.29, 1.82) is 0 Å². The van der Waals surface area contributed by atoms with E-state index in [2.05, 4.69) is 31.9 Å². The molecule has 1 aliphatic carbocycles. The van der Waals surface area contributed by atoms with Crippen molar-refractivity contribution in [2.24, 2.45) is 5.41 Å². The van der Waals surface area contributed by atoms with E-state index in [0.717, 1.165) is 30.6 Å². The molecule has 3 aliphatic rings. The normalized spacial score (nSPS) is 22.3. The Morgan fingerprint density at radius 3 is 2.46 bits per heavy atom. The molecule has 2 saturated heterocycles. The summed E-state index contributed by atoms with van der Waals surface area (Å²) in [4.78, 5) is 21.9. The third kappa shape index (κ3) is 6.30. The highest BCUT2D eigenvalue weighted by atomic mass is 16.5. The second-order valence-electron chi connectivity index (χ2n) is 10.9. The quantitative estimate of drug-likeness (QED) is 0.603. The lowest BCUT2D eigenvalue weighted by Gasteiger charge is -2.50. The molecule has 3 heterocycles. The summed E-state index contributed by atoms with van der Waals surface area (Å²) < 4.78 is 6.00. The summed E-state index contributed by atoms with van der Waals surface area (Å²) in [6.45, 7) is 8.29. The van der Waals surface area contributed by atoms with Gasteiger partial charge in [-0.15, -0.1) is 0 Å². The molecule has 8 heteroatoms. The van der Waals surface area contributed by atoms with Crippen molar-refractivity contribution in [1.82, 2.24) is 14.9 Å². The van der Waals surface area contributed by atoms with Gasteiger partial charge in [-0.05, 0) is 76.6 Å². The van der Waals surface area contributed by atoms with E-state index in [1.165, 1.54) is 50.8 Å². The summed E-state index contributed by atoms with van der Waals surface area (Å²) in [6, 6.07) is 9.13. The second kappa shape index (κ2) is 10.9. The van der Waals surface area contributed by atoms with E-state index in [0.29, 0.717) is 17.9 Å². The number of aromatic nitrogens is 2. The van der Waals surface area contributed by atoms with Crippen LogP contribution >= 0.6 is 0 Å². The van der Waals surface area contributed by atoms with Crippen molar-refractivity contribution in [3.05, 3.63) is 48.5 Å². The summed E-state index contributed by atoms with van der Waals surface area (Å²) in [5.74, 6) is 1.48. The molecule has 2 aromatic rings. The minimum absolute atomic E-state index is 0.250. The van der Waals surface area contributed by atoms with Gasteiger partial charge in [-0.3, -0.25) is 4.79 Å². The maximum Gasteiger partial charge on any atom is 0.290 e. The van der Waals surface area contributed by atoms with Crippen molar-refractivity contribution in [3.63, 3.8) is 0 Å². The maximum atomic E-state index is 10.0. The zero-order valence-electron chi connectivity index (χ0n) is 20.8. The number of hydrogen-bond donors (Lipinski definition) is 2. The number of para-hydroxylation sites is 1. The van der Waals surface area contributed by atoms with Gasteiger partial charge in [0.2, 0.25) is 0 Å². The summed E-state index contributed by atoms with van der Waals surface area (Å²) in [5, 5.41) is 16.9. The van der Waals surface area contributed by atoms with E-state index in [-0.39, 0.29) is 6.47 Å². The number of carbonyl (C=O) groups is 1. The van der Waals surface area contributed by atoms with Gasteiger partial charge in [-0.2, -0.15) is 0 Å². The molecule has 3 fully saturated rings. The van der Waals surface area contributed by atoms with Crippen LogP contribution in [0.25, 0.3) is 0 Å². The highest BCUT2D eigenvalue weighted by Crippen LogP contribution is 2.49. The highest BCUT2D eigenvalue weighted by Gasteiger charge is 2.49. The van der Waals surface area contributed by atoms with Gasteiger partial charge in [0, 0.05) is 24.5 Å². The molecule has 1 spiro atoms. The number of carboxylic acid groups (broad SMARTS) is 1. The highest BCUT2D eigenvalue weighted by molar-refractivity contribution is 5.46. The van der Waals surface area contributed by atoms with Crippen LogP contribution in [-0.4, -0.2) is 76.0 Å². The first kappa shape index (κ1) is 25.4. The fourth-order valence-electron chi connectivity index (χ4n) is 5.96. The van der Waals surface area contributed by atoms with Gasteiger partial charge in [-0.25, -0.2) is 9.97 Å². The van der Waals surface area contributed by atoms with E-state index in [9.17, 15) is 5.11 Å². The van der Waals surface area contributed by atoms with Crippen molar-refractivity contribution < 1.29 is 19.7 Å². The third-order valence-electron chi connectivity index (χ3n) is 7.63. The molecule has 35 heavy (non-hydrogen) atoms. The average molecular weight is 483 g/mol. The van der Waals surface area contributed by atoms with Crippen molar-refractivity contribution in [2.75, 3.05) is 37.7 Å². The molecule has 0 radical (unpaired) electrons. The van der Waals surface area contributed by atoms with Gasteiger partial charge >= 0.3 is 0 Å². The predicted molar refractivity (Wildman–Crippen MR) is 135 cm³/mol. The predicted octanol–water partition coefficient (Wildman–Crippen LogP) is 3.57. The van der Waals surface area contributed by atoms with E-state index in [1.807, 2.05) is 24.5 Å². The fourth-order valence-corrected chi connectivity index (χ4v) is 5.96. The van der Waals surface area contributed by atoms with Crippen molar-refractivity contribution >= 4 is 12.2 Å². The van der Waals surface area contributed by atoms with E-state index in [1.54, 1.807) is 20.2 Å². The Balaban J connectivity index is 0.000000917. The number of likely N-dealkylation sites (tertiary alicyclic amines) is 1. The van der Waals surface area contributed by atoms with Crippen LogP contribution in [-0.2, 0) is 4.79 Å². The van der Waals surface area contributed by atoms with Gasteiger partial charge in [0.25, 0.3) is 6.47 Å². The van der Waals surface area contributed by atoms with Crippen LogP contribution < -0.4 is 9.64 Å². The first-order chi connectivity index (χ1) is 16.8. The zero-order valence-corrected chi connectivity index (χ0v) is 20.8. The molecule has 5 rings (SSSR count). The molecule has 0 bridgehead atoms. The Bertz CT molecular complexity index is 951. The number of aliphatic hydroxyl groups is 1. The number of piperidine rings is 1. The first-order valence-corrected chi connectivity index (χ1v) is 12.6. The average Bonchev–Trinajstić information content (AvgIpc) is 3.29. The topological polar surface area (TPSA) is 99.0 Å². The molecule has 1 atom stereocenters. The van der Waals surface area contributed by atoms with Gasteiger partial charge in [-0.1, -0.05) is 18.2 Å². The molecule has 190 valence electrons. The minimum atomic E-state index is -0.820. The number of rotatable bonds is 6. The Labute approximate surface area is 208 Å². The molecule has 0 amide bonds. The number of anilines is 1. The van der Waals surface area contributed by atoms with E-state index in [4.69, 9.17) is 14.6 Å². The summed E-state index contributed by atoms with van der Waals surface area (Å²) >= 11 is 0. The largest absolute Gasteiger partial charge is 0.490 e. The lowest BCUT2D eigenvalue weighted by atomic mass is 9.77. The fraction of sp³-hybridized carbons (Fsp3) is 0.593. The van der Waals surface area contributed by atoms with Gasteiger partial charge in [0.05, 0.1) is 23.7 Å². The maximum absolute atomic E-state index is 10.0. The third-order valence-corrected chi connectivity index (χ3v) is 7.63. The van der Waals surface area contributed by atoms with Gasteiger partial charge in [0.1, 0.15) is 18.7 Å². The molecule has 2 aliphatic heterocycles. The number of ether oxygens (including phenoxy) is 1. The Kier molecular flexibility index (Phi) is 7.91. The number of hydrogen-bond acceptors (Lipinski definition) is 7. The SMILES string of the molecule is CC(C)(O)COc1ccccc1C1CCN([C@@H]2CCC3(C2)CN(c2cncnc2)C3)CC1.O=CO. The van der Waals surface area contributed by atoms with Crippen LogP contribution in [0.5, 0.6) is 5.75 Å². The van der Waals surface area contributed by atoms with Crippen LogP contribution in [0.4, 0.5) is 5.69 Å². The van der Waals surface area contributed by atoms with Crippen molar-refractivity contribution in [2.45, 2.75) is 63.5 Å². The van der Waals surface area contributed by atoms with Crippen molar-refractivity contribution in [3.8, 4) is 5.75 Å². The summed E-state index contributed by atoms with van der Waals surface area (Å²) in [6.07, 6.45) is 11.8. The molecule has 8 nitrogen and oxygen atoms in total. The lowest BCUT2D eigenvalue weighted by molar-refractivity contribution is -0.122. The Morgan fingerprint density at radius 2 is 1.80 bits per heavy atom. The van der Waals surface area contributed by atoms with Crippen LogP contribution in [0.15, 0.2) is 43.0 Å². The van der Waals surface area contributed by atoms with E-state index < -0.39 is 5.60 Å². The van der Waals surface area contributed by atoms with Crippen LogP contribution in [0.2, 0.25) is 0 Å².